The van der Waals surface area contributed by atoms with Crippen molar-refractivity contribution in [2.45, 2.75) is 26.1 Å². The van der Waals surface area contributed by atoms with Gasteiger partial charge in [0.2, 0.25) is 0 Å². The normalized spacial score (nSPS) is 11.9. The molecule has 1 amide bonds. The summed E-state index contributed by atoms with van der Waals surface area (Å²) in [5.41, 5.74) is 0. The zero-order valence-corrected chi connectivity index (χ0v) is 10.3. The zero-order valence-electron chi connectivity index (χ0n) is 10.3. The monoisotopic (exact) mass is 256 g/mol. The van der Waals surface area contributed by atoms with Crippen molar-refractivity contribution in [2.24, 2.45) is 0 Å². The molecule has 0 aliphatic carbocycles. The molecule has 0 rings (SSSR count). The Morgan fingerprint density at radius 2 is 1.94 bits per heavy atom. The minimum absolute atomic E-state index is 0.0694. The van der Waals surface area contributed by atoms with Gasteiger partial charge in [0.05, 0.1) is 13.2 Å². The van der Waals surface area contributed by atoms with Crippen molar-refractivity contribution >= 4 is 5.91 Å². The number of rotatable bonds is 7. The number of ether oxygens (including phenoxy) is 1. The standard InChI is InChI=1S/C10H19F3N2O2/c1-8(2)14-4-6-17-7-5-15(3)9(16)10(11,12)13/h8,14H,4-7H2,1-3H3. The Bertz CT molecular complexity index is 232. The van der Waals surface area contributed by atoms with Crippen LogP contribution >= 0.6 is 0 Å². The molecule has 0 unspecified atom stereocenters. The molecule has 0 heterocycles. The lowest BCUT2D eigenvalue weighted by Crippen LogP contribution is -2.40. The van der Waals surface area contributed by atoms with Gasteiger partial charge in [-0.3, -0.25) is 4.79 Å². The lowest BCUT2D eigenvalue weighted by atomic mass is 10.4. The molecule has 0 fully saturated rings. The van der Waals surface area contributed by atoms with Crippen LogP contribution in [0.4, 0.5) is 13.2 Å². The highest BCUT2D eigenvalue weighted by Crippen LogP contribution is 2.17. The second-order valence-corrected chi connectivity index (χ2v) is 3.95. The maximum atomic E-state index is 12.0. The third kappa shape index (κ3) is 7.98. The first kappa shape index (κ1) is 16.2. The number of hydrogen-bond donors (Lipinski definition) is 1. The van der Waals surface area contributed by atoms with Crippen LogP contribution in [-0.4, -0.2) is 56.4 Å². The maximum absolute atomic E-state index is 12.0. The number of nitrogens with zero attached hydrogens (tertiary/aromatic N) is 1. The van der Waals surface area contributed by atoms with Crippen LogP contribution in [0.15, 0.2) is 0 Å². The molecule has 17 heavy (non-hydrogen) atoms. The van der Waals surface area contributed by atoms with Crippen molar-refractivity contribution in [3.8, 4) is 0 Å². The number of carbonyl (C=O) groups is 1. The first-order valence-electron chi connectivity index (χ1n) is 5.38. The van der Waals surface area contributed by atoms with Crippen molar-refractivity contribution in [3.63, 3.8) is 0 Å². The molecule has 0 aliphatic heterocycles. The zero-order chi connectivity index (χ0) is 13.5. The average Bonchev–Trinajstić information content (AvgIpc) is 2.19. The molecule has 7 heteroatoms. The number of nitrogens with one attached hydrogen (secondary N) is 1. The Labute approximate surface area is 99.1 Å². The van der Waals surface area contributed by atoms with Gasteiger partial charge in [-0.25, -0.2) is 0 Å². The van der Waals surface area contributed by atoms with Gasteiger partial charge in [0.15, 0.2) is 0 Å². The van der Waals surface area contributed by atoms with Crippen LogP contribution in [0, 0.1) is 0 Å². The third-order valence-electron chi connectivity index (χ3n) is 1.96. The molecule has 0 aromatic carbocycles. The summed E-state index contributed by atoms with van der Waals surface area (Å²) in [7, 11) is 1.10. The van der Waals surface area contributed by atoms with Gasteiger partial charge in [-0.1, -0.05) is 13.8 Å². The van der Waals surface area contributed by atoms with E-state index in [-0.39, 0.29) is 13.2 Å². The smallest absolute Gasteiger partial charge is 0.378 e. The molecular formula is C10H19F3N2O2. The highest BCUT2D eigenvalue weighted by Gasteiger charge is 2.40. The molecule has 4 nitrogen and oxygen atoms in total. The van der Waals surface area contributed by atoms with Crippen molar-refractivity contribution in [1.82, 2.24) is 10.2 Å². The molecule has 0 saturated carbocycles. The second kappa shape index (κ2) is 7.50. The molecular weight excluding hydrogens is 237 g/mol. The van der Waals surface area contributed by atoms with Crippen molar-refractivity contribution in [2.75, 3.05) is 33.4 Å². The van der Waals surface area contributed by atoms with E-state index in [1.165, 1.54) is 0 Å². The van der Waals surface area contributed by atoms with Crippen LogP contribution in [0.25, 0.3) is 0 Å². The van der Waals surface area contributed by atoms with Gasteiger partial charge in [-0.15, -0.1) is 0 Å². The number of carbonyl (C=O) groups excluding carboxylic acids is 1. The van der Waals surface area contributed by atoms with Crippen LogP contribution in [0.3, 0.4) is 0 Å². The molecule has 0 aliphatic rings. The van der Waals surface area contributed by atoms with Crippen molar-refractivity contribution in [3.05, 3.63) is 0 Å². The van der Waals surface area contributed by atoms with Crippen LogP contribution in [0.1, 0.15) is 13.8 Å². The van der Waals surface area contributed by atoms with E-state index in [0.29, 0.717) is 24.1 Å². The summed E-state index contributed by atoms with van der Waals surface area (Å²) < 4.78 is 41.0. The number of hydrogen-bond acceptors (Lipinski definition) is 3. The van der Waals surface area contributed by atoms with Gasteiger partial charge in [0.1, 0.15) is 0 Å². The van der Waals surface area contributed by atoms with E-state index >= 15 is 0 Å². The van der Waals surface area contributed by atoms with E-state index in [1.54, 1.807) is 0 Å². The topological polar surface area (TPSA) is 41.6 Å². The summed E-state index contributed by atoms with van der Waals surface area (Å²) in [6.07, 6.45) is -4.81. The second-order valence-electron chi connectivity index (χ2n) is 3.95. The lowest BCUT2D eigenvalue weighted by molar-refractivity contribution is -0.184. The van der Waals surface area contributed by atoms with E-state index in [9.17, 15) is 18.0 Å². The average molecular weight is 256 g/mol. The SMILES string of the molecule is CC(C)NCCOCCN(C)C(=O)C(F)(F)F. The highest BCUT2D eigenvalue weighted by molar-refractivity contribution is 5.81. The number of likely N-dealkylation sites (N-methyl/N-ethyl adjacent to an activating group) is 1. The van der Waals surface area contributed by atoms with Gasteiger partial charge in [0.25, 0.3) is 0 Å². The predicted molar refractivity (Wildman–Crippen MR) is 57.6 cm³/mol. The summed E-state index contributed by atoms with van der Waals surface area (Å²) in [4.78, 5) is 11.3. The van der Waals surface area contributed by atoms with Gasteiger partial charge in [-0.05, 0) is 0 Å². The lowest BCUT2D eigenvalue weighted by Gasteiger charge is -2.18. The third-order valence-corrected chi connectivity index (χ3v) is 1.96. The van der Waals surface area contributed by atoms with E-state index < -0.39 is 12.1 Å². The molecule has 0 aromatic rings. The molecule has 1 N–H and O–H groups in total. The fourth-order valence-electron chi connectivity index (χ4n) is 1.04. The highest BCUT2D eigenvalue weighted by atomic mass is 19.4. The minimum Gasteiger partial charge on any atom is -0.378 e. The van der Waals surface area contributed by atoms with Gasteiger partial charge >= 0.3 is 12.1 Å². The van der Waals surface area contributed by atoms with Crippen LogP contribution in [-0.2, 0) is 9.53 Å². The fourth-order valence-corrected chi connectivity index (χ4v) is 1.04. The maximum Gasteiger partial charge on any atom is 0.471 e. The Kier molecular flexibility index (Phi) is 7.13. The fraction of sp³-hybridized carbons (Fsp3) is 0.900. The van der Waals surface area contributed by atoms with Crippen molar-refractivity contribution < 1.29 is 22.7 Å². The Balaban J connectivity index is 3.59. The molecule has 102 valence electrons. The quantitative estimate of drug-likeness (QED) is 0.691. The van der Waals surface area contributed by atoms with Gasteiger partial charge in [-0.2, -0.15) is 13.2 Å². The van der Waals surface area contributed by atoms with E-state index in [4.69, 9.17) is 4.74 Å². The predicted octanol–water partition coefficient (Wildman–Crippen LogP) is 1.02. The molecule has 0 atom stereocenters. The Morgan fingerprint density at radius 3 is 2.41 bits per heavy atom. The first-order chi connectivity index (χ1) is 7.75. The molecule has 0 aromatic heterocycles. The number of alkyl halides is 3. The first-order valence-corrected chi connectivity index (χ1v) is 5.38. The minimum atomic E-state index is -4.81. The summed E-state index contributed by atoms with van der Waals surface area (Å²) in [5, 5.41) is 3.10. The van der Waals surface area contributed by atoms with E-state index in [0.717, 1.165) is 7.05 Å². The summed E-state index contributed by atoms with van der Waals surface area (Å²) >= 11 is 0. The molecule has 0 radical (unpaired) electrons. The van der Waals surface area contributed by atoms with Crippen LogP contribution < -0.4 is 5.32 Å². The van der Waals surface area contributed by atoms with E-state index in [1.807, 2.05) is 13.8 Å². The van der Waals surface area contributed by atoms with E-state index in [2.05, 4.69) is 5.32 Å². The number of amides is 1. The summed E-state index contributed by atoms with van der Waals surface area (Å²) in [5.74, 6) is -1.85. The van der Waals surface area contributed by atoms with Gasteiger partial charge in [0, 0.05) is 26.2 Å². The van der Waals surface area contributed by atoms with Crippen molar-refractivity contribution in [1.29, 1.82) is 0 Å². The summed E-state index contributed by atoms with van der Waals surface area (Å²) in [6.45, 7) is 5.03. The molecule has 0 bridgehead atoms. The molecule has 0 saturated heterocycles. The van der Waals surface area contributed by atoms with Crippen LogP contribution in [0.2, 0.25) is 0 Å². The Morgan fingerprint density at radius 1 is 1.35 bits per heavy atom. The van der Waals surface area contributed by atoms with Gasteiger partial charge < -0.3 is 15.0 Å². The summed E-state index contributed by atoms with van der Waals surface area (Å²) in [6, 6.07) is 0.341. The number of halogens is 3. The largest absolute Gasteiger partial charge is 0.471 e. The molecule has 0 spiro atoms. The van der Waals surface area contributed by atoms with Crippen LogP contribution in [0.5, 0.6) is 0 Å². The Hall–Kier alpha value is -0.820.